The predicted octanol–water partition coefficient (Wildman–Crippen LogP) is 3.13. The molecule has 1 aromatic rings. The minimum atomic E-state index is -0.441. The van der Waals surface area contributed by atoms with Crippen molar-refractivity contribution in [2.75, 3.05) is 19.4 Å². The van der Waals surface area contributed by atoms with Gasteiger partial charge in [-0.15, -0.1) is 0 Å². The van der Waals surface area contributed by atoms with Gasteiger partial charge in [0.25, 0.3) is 0 Å². The predicted molar refractivity (Wildman–Crippen MR) is 84.1 cm³/mol. The Bertz CT molecular complexity index is 395. The van der Waals surface area contributed by atoms with Gasteiger partial charge in [0.2, 0.25) is 5.75 Å². The molecule has 0 atom stereocenters. The van der Waals surface area contributed by atoms with Gasteiger partial charge in [0.1, 0.15) is 0 Å². The van der Waals surface area contributed by atoms with Gasteiger partial charge in [0.05, 0.1) is 11.5 Å². The summed E-state index contributed by atoms with van der Waals surface area (Å²) in [6.07, 6.45) is 1.61. The molecule has 1 aliphatic heterocycles. The van der Waals surface area contributed by atoms with Gasteiger partial charge in [-0.1, -0.05) is 27.7 Å². The summed E-state index contributed by atoms with van der Waals surface area (Å²) in [6, 6.07) is 2.95. The molecule has 0 amide bonds. The summed E-state index contributed by atoms with van der Waals surface area (Å²) in [7, 11) is 1.50. The van der Waals surface area contributed by atoms with E-state index in [0.717, 1.165) is 18.4 Å². The third-order valence-electron chi connectivity index (χ3n) is 2.29. The van der Waals surface area contributed by atoms with E-state index >= 15 is 0 Å². The summed E-state index contributed by atoms with van der Waals surface area (Å²) in [5.74, 6) is 0.348. The van der Waals surface area contributed by atoms with Crippen LogP contribution in [0.4, 0.5) is 11.4 Å². The molecule has 0 saturated heterocycles. The molecule has 6 nitrogen and oxygen atoms in total. The third-order valence-corrected chi connectivity index (χ3v) is 2.29. The van der Waals surface area contributed by atoms with Crippen LogP contribution in [-0.4, -0.2) is 18.6 Å². The monoisotopic (exact) mass is 285 g/mol. The minimum absolute atomic E-state index is 0.00824. The SMILES string of the molecule is CC.CC.CN.Nc1ccc([N+](=O)[O-])c2c1CCCO2. The van der Waals surface area contributed by atoms with Crippen LogP contribution < -0.4 is 16.2 Å². The molecule has 20 heavy (non-hydrogen) atoms. The summed E-state index contributed by atoms with van der Waals surface area (Å²) >= 11 is 0. The Kier molecular flexibility index (Phi) is 12.5. The van der Waals surface area contributed by atoms with Crippen molar-refractivity contribution < 1.29 is 9.66 Å². The number of hydrogen-bond acceptors (Lipinski definition) is 5. The number of nitro benzene ring substituents is 1. The second kappa shape index (κ2) is 12.2. The van der Waals surface area contributed by atoms with Gasteiger partial charge >= 0.3 is 5.69 Å². The van der Waals surface area contributed by atoms with Crippen molar-refractivity contribution in [2.24, 2.45) is 5.73 Å². The van der Waals surface area contributed by atoms with E-state index in [4.69, 9.17) is 10.5 Å². The molecule has 116 valence electrons. The van der Waals surface area contributed by atoms with E-state index in [1.54, 1.807) is 6.07 Å². The topological polar surface area (TPSA) is 104 Å². The lowest BCUT2D eigenvalue weighted by Gasteiger charge is -2.18. The van der Waals surface area contributed by atoms with Crippen molar-refractivity contribution in [2.45, 2.75) is 40.5 Å². The molecule has 2 rings (SSSR count). The van der Waals surface area contributed by atoms with E-state index in [1.165, 1.54) is 13.1 Å². The molecule has 1 aliphatic rings. The number of ether oxygens (including phenoxy) is 1. The maximum atomic E-state index is 10.7. The van der Waals surface area contributed by atoms with Gasteiger partial charge in [-0.05, 0) is 26.0 Å². The summed E-state index contributed by atoms with van der Waals surface area (Å²) in [4.78, 5) is 10.2. The van der Waals surface area contributed by atoms with Gasteiger partial charge in [0.15, 0.2) is 0 Å². The Hall–Kier alpha value is -1.82. The van der Waals surface area contributed by atoms with Crippen LogP contribution in [0, 0.1) is 10.1 Å². The molecule has 0 unspecified atom stereocenters. The average Bonchev–Trinajstić information content (AvgIpc) is 2.53. The first kappa shape index (κ1) is 20.5. The van der Waals surface area contributed by atoms with Crippen LogP contribution in [0.1, 0.15) is 39.7 Å². The van der Waals surface area contributed by atoms with Crippen molar-refractivity contribution in [3.8, 4) is 5.75 Å². The number of anilines is 1. The lowest BCUT2D eigenvalue weighted by molar-refractivity contribution is -0.386. The highest BCUT2D eigenvalue weighted by Gasteiger charge is 2.23. The van der Waals surface area contributed by atoms with Crippen molar-refractivity contribution in [1.82, 2.24) is 0 Å². The Morgan fingerprint density at radius 3 is 2.25 bits per heavy atom. The first-order valence-electron chi connectivity index (χ1n) is 6.96. The van der Waals surface area contributed by atoms with Gasteiger partial charge in [0, 0.05) is 17.3 Å². The lowest BCUT2D eigenvalue weighted by atomic mass is 10.0. The number of nitrogen functional groups attached to an aromatic ring is 1. The summed E-state index contributed by atoms with van der Waals surface area (Å²) in [5, 5.41) is 10.7. The van der Waals surface area contributed by atoms with E-state index in [9.17, 15) is 10.1 Å². The molecule has 0 bridgehead atoms. The van der Waals surface area contributed by atoms with Crippen molar-refractivity contribution >= 4 is 11.4 Å². The molecular formula is C14H27N3O3. The molecular weight excluding hydrogens is 258 g/mol. The van der Waals surface area contributed by atoms with Crippen molar-refractivity contribution in [3.05, 3.63) is 27.8 Å². The van der Waals surface area contributed by atoms with Crippen LogP contribution >= 0.6 is 0 Å². The molecule has 6 heteroatoms. The molecule has 0 fully saturated rings. The Balaban J connectivity index is 0. The third kappa shape index (κ3) is 5.44. The van der Waals surface area contributed by atoms with Crippen LogP contribution in [0.2, 0.25) is 0 Å². The van der Waals surface area contributed by atoms with Crippen LogP contribution in [-0.2, 0) is 6.42 Å². The zero-order chi connectivity index (χ0) is 16.1. The molecule has 0 radical (unpaired) electrons. The Morgan fingerprint density at radius 1 is 1.20 bits per heavy atom. The summed E-state index contributed by atoms with van der Waals surface area (Å²) < 4.78 is 5.28. The summed E-state index contributed by atoms with van der Waals surface area (Å²) in [6.45, 7) is 8.53. The van der Waals surface area contributed by atoms with Gasteiger partial charge < -0.3 is 16.2 Å². The fraction of sp³-hybridized carbons (Fsp3) is 0.571. The zero-order valence-electron chi connectivity index (χ0n) is 13.1. The molecule has 0 saturated carbocycles. The van der Waals surface area contributed by atoms with E-state index in [-0.39, 0.29) is 5.69 Å². The van der Waals surface area contributed by atoms with Crippen molar-refractivity contribution in [3.63, 3.8) is 0 Å². The van der Waals surface area contributed by atoms with Crippen molar-refractivity contribution in [1.29, 1.82) is 0 Å². The smallest absolute Gasteiger partial charge is 0.311 e. The Labute approximate surface area is 121 Å². The summed E-state index contributed by atoms with van der Waals surface area (Å²) in [5.41, 5.74) is 11.6. The molecule has 0 aromatic heterocycles. The second-order valence-electron chi connectivity index (χ2n) is 3.19. The highest BCUT2D eigenvalue weighted by atomic mass is 16.6. The maximum Gasteiger partial charge on any atom is 0.311 e. The largest absolute Gasteiger partial charge is 0.487 e. The lowest BCUT2D eigenvalue weighted by Crippen LogP contribution is -2.12. The number of nitro groups is 1. The first-order valence-corrected chi connectivity index (χ1v) is 6.96. The number of benzene rings is 1. The molecule has 4 N–H and O–H groups in total. The van der Waals surface area contributed by atoms with Crippen LogP contribution in [0.25, 0.3) is 0 Å². The maximum absolute atomic E-state index is 10.7. The fourth-order valence-corrected chi connectivity index (χ4v) is 1.62. The van der Waals surface area contributed by atoms with Gasteiger partial charge in [-0.2, -0.15) is 0 Å². The second-order valence-corrected chi connectivity index (χ2v) is 3.19. The average molecular weight is 285 g/mol. The van der Waals surface area contributed by atoms with Gasteiger partial charge in [-0.3, -0.25) is 10.1 Å². The normalized spacial score (nSPS) is 10.9. The van der Waals surface area contributed by atoms with Crippen LogP contribution in [0.5, 0.6) is 5.75 Å². The highest BCUT2D eigenvalue weighted by molar-refractivity contribution is 5.64. The minimum Gasteiger partial charge on any atom is -0.487 e. The van der Waals surface area contributed by atoms with Crippen LogP contribution in [0.3, 0.4) is 0 Å². The van der Waals surface area contributed by atoms with Crippen LogP contribution in [0.15, 0.2) is 12.1 Å². The standard InChI is InChI=1S/C9H10N2O3.2C2H6.CH5N/c10-7-3-4-8(11(12)13)9-6(7)2-1-5-14-9;3*1-2/h3-4H,1-2,5,10H2;2*1-2H3;2H2,1H3. The van der Waals surface area contributed by atoms with E-state index in [2.05, 4.69) is 5.73 Å². The zero-order valence-corrected chi connectivity index (χ0v) is 13.1. The molecule has 0 aliphatic carbocycles. The van der Waals surface area contributed by atoms with E-state index < -0.39 is 4.92 Å². The molecule has 0 spiro atoms. The Morgan fingerprint density at radius 2 is 1.75 bits per heavy atom. The number of fused-ring (bicyclic) bond motifs is 1. The molecule has 1 heterocycles. The number of nitrogens with two attached hydrogens (primary N) is 2. The first-order chi connectivity index (χ1) is 9.70. The fourth-order valence-electron chi connectivity index (χ4n) is 1.62. The quantitative estimate of drug-likeness (QED) is 0.468. The number of hydrogen-bond donors (Lipinski definition) is 2. The van der Waals surface area contributed by atoms with E-state index in [0.29, 0.717) is 18.0 Å². The highest BCUT2D eigenvalue weighted by Crippen LogP contribution is 2.37. The number of rotatable bonds is 1. The van der Waals surface area contributed by atoms with E-state index in [1.807, 2.05) is 27.7 Å². The molecule has 1 aromatic carbocycles. The number of nitrogens with zero attached hydrogens (tertiary/aromatic N) is 1. The van der Waals surface area contributed by atoms with Gasteiger partial charge in [-0.25, -0.2) is 0 Å².